The first-order valence-corrected chi connectivity index (χ1v) is 6.75. The molecule has 3 nitrogen and oxygen atoms in total. The molecule has 0 spiro atoms. The highest BCUT2D eigenvalue weighted by molar-refractivity contribution is 9.10. The molecule has 1 aliphatic rings. The van der Waals surface area contributed by atoms with Crippen molar-refractivity contribution in [1.29, 1.82) is 0 Å². The second-order valence-electron chi connectivity index (χ2n) is 4.74. The Morgan fingerprint density at radius 3 is 2.72 bits per heavy atom. The Balaban J connectivity index is 1.99. The molecule has 1 aromatic carbocycles. The molecule has 0 saturated heterocycles. The largest absolute Gasteiger partial charge is 0.388 e. The van der Waals surface area contributed by atoms with Gasteiger partial charge in [0.15, 0.2) is 0 Å². The molecule has 0 bridgehead atoms. The first-order valence-electron chi connectivity index (χ1n) is 5.96. The third-order valence-electron chi connectivity index (χ3n) is 3.29. The Hall–Kier alpha value is -0.940. The van der Waals surface area contributed by atoms with Gasteiger partial charge in [-0.1, -0.05) is 12.8 Å². The van der Waals surface area contributed by atoms with Crippen LogP contribution in [0.15, 0.2) is 22.7 Å². The second kappa shape index (κ2) is 5.36. The zero-order valence-electron chi connectivity index (χ0n) is 9.88. The molecule has 1 saturated carbocycles. The van der Waals surface area contributed by atoms with E-state index in [9.17, 15) is 14.3 Å². The van der Waals surface area contributed by atoms with E-state index in [4.69, 9.17) is 0 Å². The standard InChI is InChI=1S/C13H15BrFNO2/c14-11-7-9(15)3-4-10(11)12(17)16-8-13(18)5-1-2-6-13/h3-4,7,18H,1-2,5-6,8H2,(H,16,17). The predicted molar refractivity (Wildman–Crippen MR) is 69.9 cm³/mol. The number of amides is 1. The van der Waals surface area contributed by atoms with Gasteiger partial charge in [0.1, 0.15) is 5.82 Å². The maximum Gasteiger partial charge on any atom is 0.252 e. The lowest BCUT2D eigenvalue weighted by atomic mass is 10.0. The number of nitrogens with one attached hydrogen (secondary N) is 1. The van der Waals surface area contributed by atoms with Gasteiger partial charge < -0.3 is 10.4 Å². The molecule has 0 aromatic heterocycles. The molecule has 0 heterocycles. The summed E-state index contributed by atoms with van der Waals surface area (Å²) in [6, 6.07) is 3.91. The maximum absolute atomic E-state index is 12.9. The topological polar surface area (TPSA) is 49.3 Å². The normalized spacial score (nSPS) is 17.7. The van der Waals surface area contributed by atoms with Crippen molar-refractivity contribution in [3.63, 3.8) is 0 Å². The van der Waals surface area contributed by atoms with Crippen LogP contribution in [-0.2, 0) is 0 Å². The monoisotopic (exact) mass is 315 g/mol. The molecular weight excluding hydrogens is 301 g/mol. The summed E-state index contributed by atoms with van der Waals surface area (Å²) in [5.74, 6) is -0.699. The fourth-order valence-electron chi connectivity index (χ4n) is 2.22. The quantitative estimate of drug-likeness (QED) is 0.901. The minimum absolute atomic E-state index is 0.246. The number of benzene rings is 1. The predicted octanol–water partition coefficient (Wildman–Crippen LogP) is 2.62. The number of aliphatic hydroxyl groups is 1. The highest BCUT2D eigenvalue weighted by atomic mass is 79.9. The van der Waals surface area contributed by atoms with Crippen molar-refractivity contribution >= 4 is 21.8 Å². The van der Waals surface area contributed by atoms with E-state index in [1.165, 1.54) is 18.2 Å². The smallest absolute Gasteiger partial charge is 0.252 e. The van der Waals surface area contributed by atoms with Crippen LogP contribution in [0, 0.1) is 5.82 Å². The van der Waals surface area contributed by atoms with Crippen LogP contribution in [0.5, 0.6) is 0 Å². The first kappa shape index (κ1) is 13.5. The van der Waals surface area contributed by atoms with E-state index >= 15 is 0 Å². The van der Waals surface area contributed by atoms with E-state index in [0.717, 1.165) is 25.7 Å². The highest BCUT2D eigenvalue weighted by Gasteiger charge is 2.31. The Kier molecular flexibility index (Phi) is 4.02. The zero-order chi connectivity index (χ0) is 13.2. The van der Waals surface area contributed by atoms with Crippen molar-refractivity contribution in [2.45, 2.75) is 31.3 Å². The fraction of sp³-hybridized carbons (Fsp3) is 0.462. The van der Waals surface area contributed by atoms with Crippen LogP contribution in [-0.4, -0.2) is 23.2 Å². The van der Waals surface area contributed by atoms with Gasteiger partial charge in [-0.15, -0.1) is 0 Å². The highest BCUT2D eigenvalue weighted by Crippen LogP contribution is 2.28. The molecule has 0 atom stereocenters. The third kappa shape index (κ3) is 3.09. The van der Waals surface area contributed by atoms with E-state index in [1.807, 2.05) is 0 Å². The molecule has 1 amide bonds. The number of hydrogen-bond donors (Lipinski definition) is 2. The van der Waals surface area contributed by atoms with Crippen LogP contribution in [0.4, 0.5) is 4.39 Å². The lowest BCUT2D eigenvalue weighted by molar-refractivity contribution is 0.0449. The van der Waals surface area contributed by atoms with Crippen LogP contribution in [0.3, 0.4) is 0 Å². The Morgan fingerprint density at radius 1 is 1.44 bits per heavy atom. The summed E-state index contributed by atoms with van der Waals surface area (Å²) in [4.78, 5) is 11.9. The van der Waals surface area contributed by atoms with Crippen LogP contribution in [0.1, 0.15) is 36.0 Å². The number of carbonyl (C=O) groups is 1. The summed E-state index contributed by atoms with van der Waals surface area (Å²) >= 11 is 3.15. The van der Waals surface area contributed by atoms with Gasteiger partial charge in [0.05, 0.1) is 11.2 Å². The van der Waals surface area contributed by atoms with Crippen LogP contribution in [0.2, 0.25) is 0 Å². The molecule has 18 heavy (non-hydrogen) atoms. The summed E-state index contributed by atoms with van der Waals surface area (Å²) in [7, 11) is 0. The van der Waals surface area contributed by atoms with E-state index in [0.29, 0.717) is 10.0 Å². The summed E-state index contributed by atoms with van der Waals surface area (Å²) in [6.45, 7) is 0.246. The molecule has 1 aromatic rings. The minimum atomic E-state index is -0.776. The SMILES string of the molecule is O=C(NCC1(O)CCCC1)c1ccc(F)cc1Br. The van der Waals surface area contributed by atoms with Gasteiger partial charge in [-0.25, -0.2) is 4.39 Å². The molecule has 0 radical (unpaired) electrons. The zero-order valence-corrected chi connectivity index (χ0v) is 11.5. The van der Waals surface area contributed by atoms with Crippen LogP contribution < -0.4 is 5.32 Å². The molecular formula is C13H15BrFNO2. The van der Waals surface area contributed by atoms with Gasteiger partial charge in [-0.2, -0.15) is 0 Å². The fourth-order valence-corrected chi connectivity index (χ4v) is 2.75. The molecule has 1 fully saturated rings. The van der Waals surface area contributed by atoms with Gasteiger partial charge in [0, 0.05) is 11.0 Å². The van der Waals surface area contributed by atoms with Gasteiger partial charge in [0.25, 0.3) is 5.91 Å². The van der Waals surface area contributed by atoms with Crippen molar-refractivity contribution in [1.82, 2.24) is 5.32 Å². The molecule has 2 rings (SSSR count). The lowest BCUT2D eigenvalue weighted by Crippen LogP contribution is -2.40. The molecule has 5 heteroatoms. The summed E-state index contributed by atoms with van der Waals surface area (Å²) in [6.07, 6.45) is 3.43. The van der Waals surface area contributed by atoms with E-state index in [2.05, 4.69) is 21.2 Å². The lowest BCUT2D eigenvalue weighted by Gasteiger charge is -2.22. The average Bonchev–Trinajstić information content (AvgIpc) is 2.74. The Labute approximate surface area is 114 Å². The summed E-state index contributed by atoms with van der Waals surface area (Å²) in [5, 5.41) is 12.8. The van der Waals surface area contributed by atoms with Crippen molar-refractivity contribution in [3.05, 3.63) is 34.1 Å². The van der Waals surface area contributed by atoms with Crippen molar-refractivity contribution < 1.29 is 14.3 Å². The van der Waals surface area contributed by atoms with Crippen molar-refractivity contribution in [2.24, 2.45) is 0 Å². The minimum Gasteiger partial charge on any atom is -0.388 e. The van der Waals surface area contributed by atoms with E-state index in [1.54, 1.807) is 0 Å². The molecule has 98 valence electrons. The Morgan fingerprint density at radius 2 is 2.11 bits per heavy atom. The number of hydrogen-bond acceptors (Lipinski definition) is 2. The van der Waals surface area contributed by atoms with Crippen LogP contribution >= 0.6 is 15.9 Å². The van der Waals surface area contributed by atoms with E-state index < -0.39 is 11.4 Å². The third-order valence-corrected chi connectivity index (χ3v) is 3.94. The number of halogens is 2. The maximum atomic E-state index is 12.9. The second-order valence-corrected chi connectivity index (χ2v) is 5.59. The average molecular weight is 316 g/mol. The molecule has 2 N–H and O–H groups in total. The van der Waals surface area contributed by atoms with Gasteiger partial charge >= 0.3 is 0 Å². The molecule has 1 aliphatic carbocycles. The Bertz CT molecular complexity index is 458. The summed E-state index contributed by atoms with van der Waals surface area (Å²) in [5.41, 5.74) is -0.402. The van der Waals surface area contributed by atoms with E-state index in [-0.39, 0.29) is 12.5 Å². The van der Waals surface area contributed by atoms with Gasteiger partial charge in [0.2, 0.25) is 0 Å². The van der Waals surface area contributed by atoms with Gasteiger partial charge in [-0.05, 0) is 47.0 Å². The molecule has 0 unspecified atom stereocenters. The summed E-state index contributed by atoms with van der Waals surface area (Å²) < 4.78 is 13.3. The number of rotatable bonds is 3. The van der Waals surface area contributed by atoms with Gasteiger partial charge in [-0.3, -0.25) is 4.79 Å². The first-order chi connectivity index (χ1) is 8.50. The van der Waals surface area contributed by atoms with Crippen LogP contribution in [0.25, 0.3) is 0 Å². The van der Waals surface area contributed by atoms with Crippen molar-refractivity contribution in [3.8, 4) is 0 Å². The number of carbonyl (C=O) groups excluding carboxylic acids is 1. The molecule has 0 aliphatic heterocycles. The van der Waals surface area contributed by atoms with Crippen molar-refractivity contribution in [2.75, 3.05) is 6.54 Å².